The summed E-state index contributed by atoms with van der Waals surface area (Å²) in [7, 11) is -3.58. The Morgan fingerprint density at radius 2 is 2.04 bits per heavy atom. The van der Waals surface area contributed by atoms with Crippen molar-refractivity contribution in [2.24, 2.45) is 0 Å². The molecule has 0 saturated carbocycles. The standard InChI is InChI=1S/C16H18N4O3S/c1-3-18-16-20-19-15(23-16)11-12(2)13-5-7-14(8-6-13)24(21,22)10-4-9-17/h4-8,10,12H,3,11H2,1-2H3,(H,18,20)/b10-4+. The molecule has 24 heavy (non-hydrogen) atoms. The summed E-state index contributed by atoms with van der Waals surface area (Å²) in [6, 6.07) is 8.62. The average Bonchev–Trinajstić information content (AvgIpc) is 3.00. The first-order valence-electron chi connectivity index (χ1n) is 7.43. The maximum atomic E-state index is 11.9. The Morgan fingerprint density at radius 3 is 2.67 bits per heavy atom. The number of rotatable bonds is 7. The monoisotopic (exact) mass is 346 g/mol. The summed E-state index contributed by atoms with van der Waals surface area (Å²) in [5, 5.41) is 20.1. The van der Waals surface area contributed by atoms with Gasteiger partial charge >= 0.3 is 6.01 Å². The number of hydrogen-bond donors (Lipinski definition) is 1. The van der Waals surface area contributed by atoms with Crippen molar-refractivity contribution in [2.45, 2.75) is 31.1 Å². The van der Waals surface area contributed by atoms with Gasteiger partial charge in [-0.3, -0.25) is 0 Å². The van der Waals surface area contributed by atoms with Crippen LogP contribution in [0.4, 0.5) is 6.01 Å². The Kier molecular flexibility index (Phi) is 5.71. The van der Waals surface area contributed by atoms with E-state index in [0.717, 1.165) is 17.0 Å². The minimum atomic E-state index is -3.58. The molecule has 1 heterocycles. The zero-order valence-corrected chi connectivity index (χ0v) is 14.2. The number of nitriles is 1. The van der Waals surface area contributed by atoms with Crippen LogP contribution in [0.5, 0.6) is 0 Å². The fraction of sp³-hybridized carbons (Fsp3) is 0.312. The fourth-order valence-electron chi connectivity index (χ4n) is 2.12. The zero-order chi connectivity index (χ0) is 17.6. The van der Waals surface area contributed by atoms with E-state index in [4.69, 9.17) is 9.68 Å². The van der Waals surface area contributed by atoms with Crippen molar-refractivity contribution in [1.29, 1.82) is 5.26 Å². The third-order valence-corrected chi connectivity index (χ3v) is 4.80. The summed E-state index contributed by atoms with van der Waals surface area (Å²) >= 11 is 0. The van der Waals surface area contributed by atoms with E-state index in [0.29, 0.717) is 24.9 Å². The van der Waals surface area contributed by atoms with Crippen molar-refractivity contribution in [3.63, 3.8) is 0 Å². The molecule has 1 N–H and O–H groups in total. The molecule has 0 radical (unpaired) electrons. The molecule has 1 unspecified atom stereocenters. The molecule has 0 aliphatic carbocycles. The first kappa shape index (κ1) is 17.7. The van der Waals surface area contributed by atoms with Gasteiger partial charge in [0.2, 0.25) is 15.7 Å². The molecule has 0 amide bonds. The second-order valence-electron chi connectivity index (χ2n) is 5.18. The van der Waals surface area contributed by atoms with E-state index in [1.165, 1.54) is 12.1 Å². The van der Waals surface area contributed by atoms with E-state index < -0.39 is 9.84 Å². The molecule has 2 rings (SSSR count). The molecule has 0 aliphatic heterocycles. The highest BCUT2D eigenvalue weighted by molar-refractivity contribution is 7.94. The predicted molar refractivity (Wildman–Crippen MR) is 89.0 cm³/mol. The second kappa shape index (κ2) is 7.75. The Labute approximate surface area is 140 Å². The van der Waals surface area contributed by atoms with Crippen molar-refractivity contribution in [3.05, 3.63) is 47.2 Å². The first-order chi connectivity index (χ1) is 11.5. The van der Waals surface area contributed by atoms with Crippen LogP contribution in [-0.2, 0) is 16.3 Å². The van der Waals surface area contributed by atoms with E-state index in [9.17, 15) is 8.42 Å². The molecular formula is C16H18N4O3S. The molecule has 0 saturated heterocycles. The number of sulfone groups is 1. The lowest BCUT2D eigenvalue weighted by Gasteiger charge is -2.10. The summed E-state index contributed by atoms with van der Waals surface area (Å²) in [6.07, 6.45) is 1.50. The Hall–Kier alpha value is -2.66. The lowest BCUT2D eigenvalue weighted by Crippen LogP contribution is -2.01. The third-order valence-electron chi connectivity index (χ3n) is 3.38. The van der Waals surface area contributed by atoms with E-state index in [1.807, 2.05) is 13.8 Å². The van der Waals surface area contributed by atoms with Gasteiger partial charge < -0.3 is 9.73 Å². The molecule has 0 bridgehead atoms. The Balaban J connectivity index is 2.09. The van der Waals surface area contributed by atoms with Crippen molar-refractivity contribution < 1.29 is 12.8 Å². The highest BCUT2D eigenvalue weighted by Crippen LogP contribution is 2.23. The summed E-state index contributed by atoms with van der Waals surface area (Å²) < 4.78 is 29.4. The lowest BCUT2D eigenvalue weighted by molar-refractivity contribution is 0.487. The van der Waals surface area contributed by atoms with Gasteiger partial charge in [-0.15, -0.1) is 5.10 Å². The highest BCUT2D eigenvalue weighted by Gasteiger charge is 2.14. The quantitative estimate of drug-likeness (QED) is 0.768. The van der Waals surface area contributed by atoms with Crippen molar-refractivity contribution in [3.8, 4) is 6.07 Å². The number of nitrogens with one attached hydrogen (secondary N) is 1. The summed E-state index contributed by atoms with van der Waals surface area (Å²) in [5.41, 5.74) is 0.960. The molecule has 0 fully saturated rings. The average molecular weight is 346 g/mol. The topological polar surface area (TPSA) is 109 Å². The highest BCUT2D eigenvalue weighted by atomic mass is 32.2. The molecule has 126 valence electrons. The van der Waals surface area contributed by atoms with Gasteiger partial charge in [-0.25, -0.2) is 8.42 Å². The number of aromatic nitrogens is 2. The number of benzene rings is 1. The number of anilines is 1. The van der Waals surface area contributed by atoms with E-state index in [2.05, 4.69) is 15.5 Å². The van der Waals surface area contributed by atoms with Gasteiger partial charge in [0.05, 0.1) is 11.0 Å². The SMILES string of the molecule is CCNc1nnc(CC(C)c2ccc(S(=O)(=O)/C=C/C#N)cc2)o1. The van der Waals surface area contributed by atoms with Gasteiger partial charge in [-0.2, -0.15) is 5.26 Å². The molecule has 2 aromatic rings. The minimum Gasteiger partial charge on any atom is -0.408 e. The normalized spacial score (nSPS) is 12.9. The molecule has 0 spiro atoms. The van der Waals surface area contributed by atoms with Gasteiger partial charge in [0, 0.05) is 24.4 Å². The van der Waals surface area contributed by atoms with Crippen LogP contribution in [-0.4, -0.2) is 25.2 Å². The molecule has 8 heteroatoms. The first-order valence-corrected chi connectivity index (χ1v) is 8.98. The van der Waals surface area contributed by atoms with Crippen molar-refractivity contribution in [1.82, 2.24) is 10.2 Å². The maximum absolute atomic E-state index is 11.9. The number of allylic oxidation sites excluding steroid dienone is 1. The summed E-state index contributed by atoms with van der Waals surface area (Å²) in [4.78, 5) is 0.150. The zero-order valence-electron chi connectivity index (χ0n) is 13.4. The van der Waals surface area contributed by atoms with Crippen molar-refractivity contribution in [2.75, 3.05) is 11.9 Å². The van der Waals surface area contributed by atoms with Crippen LogP contribution in [0.2, 0.25) is 0 Å². The molecule has 1 atom stereocenters. The number of nitrogens with zero attached hydrogens (tertiary/aromatic N) is 3. The lowest BCUT2D eigenvalue weighted by atomic mass is 9.98. The molecule has 0 aliphatic rings. The van der Waals surface area contributed by atoms with Crippen LogP contribution >= 0.6 is 0 Å². The largest absolute Gasteiger partial charge is 0.408 e. The van der Waals surface area contributed by atoms with Gasteiger partial charge in [-0.1, -0.05) is 24.2 Å². The van der Waals surface area contributed by atoms with Crippen LogP contribution in [0.3, 0.4) is 0 Å². The van der Waals surface area contributed by atoms with E-state index in [1.54, 1.807) is 18.2 Å². The third kappa shape index (κ3) is 4.43. The molecular weight excluding hydrogens is 328 g/mol. The van der Waals surface area contributed by atoms with Crippen molar-refractivity contribution >= 4 is 15.9 Å². The molecule has 7 nitrogen and oxygen atoms in total. The van der Waals surface area contributed by atoms with Gasteiger partial charge in [-0.05, 0) is 30.5 Å². The van der Waals surface area contributed by atoms with Gasteiger partial charge in [0.25, 0.3) is 0 Å². The smallest absolute Gasteiger partial charge is 0.315 e. The van der Waals surface area contributed by atoms with Gasteiger partial charge in [0.15, 0.2) is 0 Å². The second-order valence-corrected chi connectivity index (χ2v) is 7.02. The van der Waals surface area contributed by atoms with Crippen LogP contribution in [0, 0.1) is 11.3 Å². The summed E-state index contributed by atoms with van der Waals surface area (Å²) in [6.45, 7) is 4.64. The van der Waals surface area contributed by atoms with Crippen LogP contribution in [0.25, 0.3) is 0 Å². The minimum absolute atomic E-state index is 0.0892. The molecule has 1 aromatic heterocycles. The fourth-order valence-corrected chi connectivity index (χ4v) is 3.04. The summed E-state index contributed by atoms with van der Waals surface area (Å²) in [5.74, 6) is 0.610. The van der Waals surface area contributed by atoms with Crippen LogP contribution < -0.4 is 5.32 Å². The Morgan fingerprint density at radius 1 is 1.33 bits per heavy atom. The predicted octanol–water partition coefficient (Wildman–Crippen LogP) is 2.66. The van der Waals surface area contributed by atoms with E-state index >= 15 is 0 Å². The molecule has 1 aromatic carbocycles. The van der Waals surface area contributed by atoms with Crippen LogP contribution in [0.15, 0.2) is 45.1 Å². The van der Waals surface area contributed by atoms with Gasteiger partial charge in [0.1, 0.15) is 0 Å². The van der Waals surface area contributed by atoms with Crippen LogP contribution in [0.1, 0.15) is 31.2 Å². The number of hydrogen-bond acceptors (Lipinski definition) is 7. The Bertz CT molecular complexity index is 848. The maximum Gasteiger partial charge on any atom is 0.315 e. The van der Waals surface area contributed by atoms with E-state index in [-0.39, 0.29) is 10.8 Å².